The van der Waals surface area contributed by atoms with E-state index in [2.05, 4.69) is 4.98 Å². The number of hydrogen-bond donors (Lipinski definition) is 0. The molecule has 0 aliphatic rings. The zero-order valence-corrected chi connectivity index (χ0v) is 9.31. The van der Waals surface area contributed by atoms with Crippen molar-refractivity contribution in [3.8, 4) is 11.6 Å². The van der Waals surface area contributed by atoms with Crippen LogP contribution in [0.3, 0.4) is 0 Å². The largest absolute Gasteiger partial charge is 0.439 e. The minimum absolute atomic E-state index is 0.255. The zero-order chi connectivity index (χ0) is 11.5. The van der Waals surface area contributed by atoms with Crippen LogP contribution < -0.4 is 10.4 Å². The van der Waals surface area contributed by atoms with Crippen molar-refractivity contribution < 1.29 is 4.74 Å². The fourth-order valence-corrected chi connectivity index (χ4v) is 1.34. The van der Waals surface area contributed by atoms with Gasteiger partial charge in [-0.1, -0.05) is 17.7 Å². The maximum absolute atomic E-state index is 11.2. The number of hydrogen-bond acceptors (Lipinski definition) is 3. The smallest absolute Gasteiger partial charge is 0.350 e. The number of halogens is 1. The minimum Gasteiger partial charge on any atom is -0.439 e. The normalized spacial score (nSPS) is 10.1. The van der Waals surface area contributed by atoms with Crippen LogP contribution in [0.5, 0.6) is 11.6 Å². The van der Waals surface area contributed by atoms with E-state index in [0.717, 1.165) is 0 Å². The monoisotopic (exact) mass is 236 g/mol. The van der Waals surface area contributed by atoms with Crippen LogP contribution in [0.1, 0.15) is 0 Å². The highest BCUT2D eigenvalue weighted by atomic mass is 35.5. The van der Waals surface area contributed by atoms with Gasteiger partial charge in [0.25, 0.3) is 0 Å². The van der Waals surface area contributed by atoms with Crippen LogP contribution in [0.4, 0.5) is 0 Å². The third kappa shape index (κ3) is 2.41. The summed E-state index contributed by atoms with van der Waals surface area (Å²) in [4.78, 5) is 15.0. The van der Waals surface area contributed by atoms with Crippen LogP contribution in [0.25, 0.3) is 0 Å². The molecule has 0 bridgehead atoms. The molecule has 2 aromatic rings. The lowest BCUT2D eigenvalue weighted by atomic mass is 10.3. The first-order valence-electron chi connectivity index (χ1n) is 4.62. The summed E-state index contributed by atoms with van der Waals surface area (Å²) in [6, 6.07) is 8.51. The molecule has 0 atom stereocenters. The second kappa shape index (κ2) is 4.37. The molecule has 2 rings (SSSR count). The summed E-state index contributed by atoms with van der Waals surface area (Å²) in [5.74, 6) is 0.804. The summed E-state index contributed by atoms with van der Waals surface area (Å²) in [5.41, 5.74) is -0.362. The first-order chi connectivity index (χ1) is 7.65. The van der Waals surface area contributed by atoms with Gasteiger partial charge in [0.1, 0.15) is 5.75 Å². The first kappa shape index (κ1) is 10.7. The van der Waals surface area contributed by atoms with Gasteiger partial charge in [-0.05, 0) is 18.2 Å². The number of benzene rings is 1. The third-order valence-corrected chi connectivity index (χ3v) is 2.20. The molecule has 1 heterocycles. The van der Waals surface area contributed by atoms with Gasteiger partial charge in [-0.25, -0.2) is 4.79 Å². The lowest BCUT2D eigenvalue weighted by Crippen LogP contribution is -2.18. The number of rotatable bonds is 2. The molecular weight excluding hydrogens is 228 g/mol. The molecule has 0 radical (unpaired) electrons. The van der Waals surface area contributed by atoms with Gasteiger partial charge in [0, 0.05) is 24.3 Å². The molecule has 0 spiro atoms. The Morgan fingerprint density at radius 3 is 2.88 bits per heavy atom. The van der Waals surface area contributed by atoms with Crippen LogP contribution in [-0.4, -0.2) is 9.55 Å². The molecule has 0 fully saturated rings. The Hall–Kier alpha value is -1.81. The van der Waals surface area contributed by atoms with E-state index >= 15 is 0 Å². The molecule has 1 aromatic heterocycles. The van der Waals surface area contributed by atoms with E-state index in [1.54, 1.807) is 43.6 Å². The van der Waals surface area contributed by atoms with Crippen molar-refractivity contribution in [1.29, 1.82) is 0 Å². The van der Waals surface area contributed by atoms with Crippen LogP contribution in [0.15, 0.2) is 41.3 Å². The lowest BCUT2D eigenvalue weighted by Gasteiger charge is -2.04. The maximum Gasteiger partial charge on any atom is 0.350 e. The van der Waals surface area contributed by atoms with E-state index in [1.807, 2.05) is 0 Å². The summed E-state index contributed by atoms with van der Waals surface area (Å²) < 4.78 is 6.75. The molecule has 0 aliphatic carbocycles. The molecule has 5 heteroatoms. The SMILES string of the molecule is Cn1ccc(Oc2cccc(Cl)c2)nc1=O. The highest BCUT2D eigenvalue weighted by molar-refractivity contribution is 6.30. The standard InChI is InChI=1S/C11H9ClN2O2/c1-14-6-5-10(13-11(14)15)16-9-4-2-3-8(12)7-9/h2-7H,1H3. The molecular formula is C11H9ClN2O2. The average molecular weight is 237 g/mol. The second-order valence-electron chi connectivity index (χ2n) is 3.22. The van der Waals surface area contributed by atoms with Crippen LogP contribution in [0, 0.1) is 0 Å². The number of aromatic nitrogens is 2. The highest BCUT2D eigenvalue weighted by Crippen LogP contribution is 2.21. The molecule has 82 valence electrons. The zero-order valence-electron chi connectivity index (χ0n) is 8.55. The van der Waals surface area contributed by atoms with Gasteiger partial charge < -0.3 is 9.30 Å². The molecule has 0 saturated heterocycles. The van der Waals surface area contributed by atoms with E-state index in [-0.39, 0.29) is 11.6 Å². The van der Waals surface area contributed by atoms with Gasteiger partial charge in [-0.3, -0.25) is 0 Å². The summed E-state index contributed by atoms with van der Waals surface area (Å²) in [7, 11) is 1.62. The second-order valence-corrected chi connectivity index (χ2v) is 3.66. The van der Waals surface area contributed by atoms with Crippen LogP contribution >= 0.6 is 11.6 Å². The summed E-state index contributed by atoms with van der Waals surface area (Å²) in [6.07, 6.45) is 1.59. The van der Waals surface area contributed by atoms with E-state index in [1.165, 1.54) is 4.57 Å². The predicted octanol–water partition coefficient (Wildman–Crippen LogP) is 2.23. The Labute approximate surface area is 97.1 Å². The predicted molar refractivity (Wildman–Crippen MR) is 61.0 cm³/mol. The highest BCUT2D eigenvalue weighted by Gasteiger charge is 2.00. The summed E-state index contributed by atoms with van der Waals surface area (Å²) >= 11 is 5.80. The van der Waals surface area contributed by atoms with Crippen molar-refractivity contribution in [3.05, 3.63) is 52.0 Å². The molecule has 1 aromatic carbocycles. The van der Waals surface area contributed by atoms with Crippen LogP contribution in [0.2, 0.25) is 5.02 Å². The van der Waals surface area contributed by atoms with Crippen LogP contribution in [-0.2, 0) is 7.05 Å². The minimum atomic E-state index is -0.362. The van der Waals surface area contributed by atoms with Crippen molar-refractivity contribution in [2.45, 2.75) is 0 Å². The Balaban J connectivity index is 2.27. The van der Waals surface area contributed by atoms with E-state index in [0.29, 0.717) is 10.8 Å². The fraction of sp³-hybridized carbons (Fsp3) is 0.0909. The third-order valence-electron chi connectivity index (χ3n) is 1.97. The number of nitrogens with zero attached hydrogens (tertiary/aromatic N) is 2. The Morgan fingerprint density at radius 2 is 2.19 bits per heavy atom. The Bertz CT molecular complexity index is 566. The molecule has 0 unspecified atom stereocenters. The van der Waals surface area contributed by atoms with Gasteiger partial charge in [0.05, 0.1) is 0 Å². The van der Waals surface area contributed by atoms with Gasteiger partial charge in [0.2, 0.25) is 5.88 Å². The van der Waals surface area contributed by atoms with Crippen molar-refractivity contribution in [2.75, 3.05) is 0 Å². The molecule has 0 aliphatic heterocycles. The topological polar surface area (TPSA) is 44.1 Å². The lowest BCUT2D eigenvalue weighted by molar-refractivity contribution is 0.456. The van der Waals surface area contributed by atoms with Crippen molar-refractivity contribution in [3.63, 3.8) is 0 Å². The van der Waals surface area contributed by atoms with Gasteiger partial charge >= 0.3 is 5.69 Å². The molecule has 0 N–H and O–H groups in total. The molecule has 16 heavy (non-hydrogen) atoms. The Kier molecular flexibility index (Phi) is 2.92. The van der Waals surface area contributed by atoms with Crippen molar-refractivity contribution in [2.24, 2.45) is 7.05 Å². The van der Waals surface area contributed by atoms with Gasteiger partial charge in [-0.2, -0.15) is 4.98 Å². The summed E-state index contributed by atoms with van der Waals surface area (Å²) in [5, 5.41) is 0.571. The van der Waals surface area contributed by atoms with Gasteiger partial charge in [0.15, 0.2) is 0 Å². The molecule has 4 nitrogen and oxygen atoms in total. The van der Waals surface area contributed by atoms with Crippen molar-refractivity contribution >= 4 is 11.6 Å². The quantitative estimate of drug-likeness (QED) is 0.803. The van der Waals surface area contributed by atoms with E-state index in [9.17, 15) is 4.79 Å². The molecule has 0 saturated carbocycles. The van der Waals surface area contributed by atoms with E-state index in [4.69, 9.17) is 16.3 Å². The summed E-state index contributed by atoms with van der Waals surface area (Å²) in [6.45, 7) is 0. The van der Waals surface area contributed by atoms with Gasteiger partial charge in [-0.15, -0.1) is 0 Å². The molecule has 0 amide bonds. The first-order valence-corrected chi connectivity index (χ1v) is 5.00. The maximum atomic E-state index is 11.2. The van der Waals surface area contributed by atoms with Crippen molar-refractivity contribution in [1.82, 2.24) is 9.55 Å². The number of ether oxygens (including phenoxy) is 1. The average Bonchev–Trinajstić information content (AvgIpc) is 2.24. The number of aryl methyl sites for hydroxylation is 1. The van der Waals surface area contributed by atoms with E-state index < -0.39 is 0 Å². The Morgan fingerprint density at radius 1 is 1.38 bits per heavy atom. The fourth-order valence-electron chi connectivity index (χ4n) is 1.16.